The van der Waals surface area contributed by atoms with Gasteiger partial charge in [0.05, 0.1) is 146 Å². The highest BCUT2D eigenvalue weighted by Gasteiger charge is 2.61. The maximum Gasteiger partial charge on any atom is 0.475 e. The van der Waals surface area contributed by atoms with Gasteiger partial charge in [0.15, 0.2) is 0 Å². The van der Waals surface area contributed by atoms with E-state index in [0.29, 0.717) is 198 Å². The number of likely N-dealkylation sites (tertiary alicyclic amines) is 6. The van der Waals surface area contributed by atoms with E-state index in [1.165, 1.54) is 0 Å². The molecule has 0 N–H and O–H groups in total. The van der Waals surface area contributed by atoms with E-state index in [9.17, 15) is 60.3 Å². The van der Waals surface area contributed by atoms with E-state index in [-0.39, 0.29) is 94.3 Å². The van der Waals surface area contributed by atoms with Gasteiger partial charge in [-0.15, -0.1) is 0 Å². The number of nitriles is 6. The van der Waals surface area contributed by atoms with Crippen LogP contribution in [0.1, 0.15) is 263 Å². The van der Waals surface area contributed by atoms with E-state index in [1.54, 1.807) is 180 Å². The van der Waals surface area contributed by atoms with Gasteiger partial charge in [0.2, 0.25) is 35.4 Å². The number of phosphoric acid groups is 2. The van der Waals surface area contributed by atoms with Gasteiger partial charge >= 0.3 is 15.6 Å². The van der Waals surface area contributed by atoms with Crippen LogP contribution in [-0.2, 0) is 79.3 Å². The van der Waals surface area contributed by atoms with Crippen molar-refractivity contribution in [3.05, 3.63) is 176 Å². The van der Waals surface area contributed by atoms with Crippen molar-refractivity contribution in [1.29, 1.82) is 31.6 Å². The number of rotatable bonds is 27. The number of phosphoric ester groups is 2. The zero-order chi connectivity index (χ0) is 98.8. The summed E-state index contributed by atoms with van der Waals surface area (Å²) in [6.07, 6.45) is -0.322. The first-order valence-corrected chi connectivity index (χ1v) is 50.3. The van der Waals surface area contributed by atoms with Crippen LogP contribution in [0.2, 0.25) is 0 Å². The molecule has 0 bridgehead atoms. The number of hydrogen-bond acceptors (Lipinski definition) is 29. The molecule has 12 atom stereocenters. The summed E-state index contributed by atoms with van der Waals surface area (Å²) in [4.78, 5) is 91.4. The molecule has 0 aliphatic carbocycles. The fraction of sp³-hybridized carbons (Fsp3) is 0.529. The lowest BCUT2D eigenvalue weighted by Gasteiger charge is -2.50. The molecule has 37 heteroatoms. The number of carbonyl (C=O) groups excluding carboxylic acids is 6. The highest BCUT2D eigenvalue weighted by molar-refractivity contribution is 7.48. The number of benzene rings is 6. The van der Waals surface area contributed by atoms with Gasteiger partial charge in [-0.25, -0.2) is 9.13 Å². The molecule has 6 fully saturated rings. The van der Waals surface area contributed by atoms with Gasteiger partial charge in [-0.05, 0) is 231 Å². The maximum atomic E-state index is 16.2. The van der Waals surface area contributed by atoms with Gasteiger partial charge < -0.3 is 72.0 Å². The van der Waals surface area contributed by atoms with Gasteiger partial charge in [0, 0.05) is 111 Å². The Balaban J connectivity index is 0.000000192. The van der Waals surface area contributed by atoms with Crippen LogP contribution < -0.4 is 28.4 Å². The zero-order valence-corrected chi connectivity index (χ0v) is 81.7. The molecule has 6 saturated heterocycles. The third kappa shape index (κ3) is 19.5. The standard InChI is InChI=1S/C52H59N6O12P.C50H55N6O11P/c1-50(2)47(44(56-19-7-10-41(56)59)35-26-32(29-53)13-16-38(35)67-50)63-22-24-65-71(62,70-49-46(58-21-9-12-43(58)61)37-28-34(31-55)15-18-40(37)69-52(49,5)6)66-25-23-64-48-45(57-20-8-11-42(57)60)36-27-33(30-54)14-17-39(36)68-51(48,3)4;1-48(2)45(42(54-19-7-10-39(54)57)33-24-30(27-51)13-16-36(33)63-48)61-22-23-62-68(60,66-46-43(55-20-8-11-40(55)58)34-25-31(28-52)14-17-37(34)64-49(46,3)4)67-47-44(56-21-9-12-41(56)59)35-26-32(29-53)15-18-38(35)65-50(47,5)6/h13-18,26-28,44-49H,7-12,19-25H2,1-6H3;13-18,24-26,42-47H,7-12,19-23H2,1-6H3. The smallest absolute Gasteiger partial charge is 0.475 e. The van der Waals surface area contributed by atoms with Crippen molar-refractivity contribution in [2.75, 3.05) is 78.9 Å². The first-order valence-electron chi connectivity index (χ1n) is 47.4. The second kappa shape index (κ2) is 38.9. The predicted molar refractivity (Wildman–Crippen MR) is 494 cm³/mol. The lowest BCUT2D eigenvalue weighted by Crippen LogP contribution is -2.56. The molecule has 6 amide bonds. The largest absolute Gasteiger partial charge is 0.485 e. The van der Waals surface area contributed by atoms with E-state index < -0.39 is 122 Å². The quantitative estimate of drug-likeness (QED) is 0.0341. The molecule has 12 heterocycles. The maximum absolute atomic E-state index is 16.2. The highest BCUT2D eigenvalue weighted by Crippen LogP contribution is 2.63. The topological polar surface area (TPSA) is 437 Å². The van der Waals surface area contributed by atoms with Crippen LogP contribution in [0.15, 0.2) is 109 Å². The highest BCUT2D eigenvalue weighted by atomic mass is 31.2. The summed E-state index contributed by atoms with van der Waals surface area (Å²) in [6, 6.07) is 38.7. The van der Waals surface area contributed by atoms with Crippen LogP contribution in [0.25, 0.3) is 0 Å². The van der Waals surface area contributed by atoms with Crippen LogP contribution in [0.4, 0.5) is 0 Å². The van der Waals surface area contributed by atoms with Crippen molar-refractivity contribution in [1.82, 2.24) is 29.4 Å². The molecule has 0 radical (unpaired) electrons. The van der Waals surface area contributed by atoms with Gasteiger partial charge in [-0.2, -0.15) is 31.6 Å². The number of ether oxygens (including phenoxy) is 9. The summed E-state index contributed by atoms with van der Waals surface area (Å²) < 4.78 is 130. The molecule has 35 nitrogen and oxygen atoms in total. The third-order valence-corrected chi connectivity index (χ3v) is 31.1. The molecule has 0 spiro atoms. The van der Waals surface area contributed by atoms with E-state index in [2.05, 4.69) is 36.4 Å². The summed E-state index contributed by atoms with van der Waals surface area (Å²) >= 11 is 0. The minimum absolute atomic E-state index is 0.0520. The number of nitrogens with zero attached hydrogens (tertiary/aromatic N) is 12. The van der Waals surface area contributed by atoms with Crippen molar-refractivity contribution >= 4 is 51.1 Å². The van der Waals surface area contributed by atoms with E-state index in [1.807, 2.05) is 41.5 Å². The van der Waals surface area contributed by atoms with Crippen LogP contribution in [-0.4, -0.2) is 214 Å². The number of carbonyl (C=O) groups is 6. The average molecular weight is 1940 g/mol. The monoisotopic (exact) mass is 1940 g/mol. The van der Waals surface area contributed by atoms with Crippen molar-refractivity contribution in [2.45, 2.75) is 267 Å². The van der Waals surface area contributed by atoms with Gasteiger partial charge in [0.1, 0.15) is 105 Å². The predicted octanol–water partition coefficient (Wildman–Crippen LogP) is 15.0. The zero-order valence-electron chi connectivity index (χ0n) is 79.9. The van der Waals surface area contributed by atoms with Gasteiger partial charge in [-0.3, -0.25) is 55.9 Å². The first kappa shape index (κ1) is 98.6. The Morgan fingerprint density at radius 3 is 0.626 bits per heavy atom. The van der Waals surface area contributed by atoms with Gasteiger partial charge in [-0.1, -0.05) is 0 Å². The second-order valence-electron chi connectivity index (χ2n) is 40.1. The fourth-order valence-electron chi connectivity index (χ4n) is 21.7. The molecule has 18 rings (SSSR count). The SMILES string of the molecule is CC1(C)Oc2ccc(C#N)cc2C(N2CCCC2=O)C1OCCOP(=O)(OC1C(N2CCCC2=O)c2cc(C#N)ccc2OC1(C)C)OC1C(N2CCCC2=O)c2cc(C#N)ccc2OC1(C)C.CC1(C)Oc2ccc(C#N)cc2C(N2CCCC2=O)C1OCCOP(=O)(OCCOC1C(N2CCCC2=O)c2cc(C#N)ccc2OC1(C)C)OC1C(N2CCCC2=O)c2cc(C#N)ccc2OC1(C)C. The Kier molecular flexibility index (Phi) is 27.6. The molecular weight excluding hydrogens is 1820 g/mol. The van der Waals surface area contributed by atoms with Gasteiger partial charge in [0.25, 0.3) is 0 Å². The lowest BCUT2D eigenvalue weighted by molar-refractivity contribution is -0.153. The summed E-state index contributed by atoms with van der Waals surface area (Å²) in [5, 5.41) is 59.3. The molecule has 730 valence electrons. The molecule has 0 aromatic heterocycles. The summed E-state index contributed by atoms with van der Waals surface area (Å²) in [5.74, 6) is 2.26. The van der Waals surface area contributed by atoms with E-state index in [0.717, 1.165) is 0 Å². The Hall–Kier alpha value is -12.0. The first-order chi connectivity index (χ1) is 66.2. The van der Waals surface area contributed by atoms with Crippen LogP contribution in [0.5, 0.6) is 34.5 Å². The van der Waals surface area contributed by atoms with E-state index in [4.69, 9.17) is 69.8 Å². The van der Waals surface area contributed by atoms with Crippen molar-refractivity contribution in [3.8, 4) is 70.9 Å². The molecule has 12 unspecified atom stereocenters. The minimum Gasteiger partial charge on any atom is -0.485 e. The molecule has 12 aliphatic heterocycles. The molecular formula is C102H114N12O23P2. The number of fused-ring (bicyclic) bond motifs is 6. The Morgan fingerprint density at radius 1 is 0.273 bits per heavy atom. The third-order valence-electron chi connectivity index (χ3n) is 28.1. The van der Waals surface area contributed by atoms with Crippen LogP contribution in [0.3, 0.4) is 0 Å². The normalized spacial score (nSPS) is 27.0. The summed E-state index contributed by atoms with van der Waals surface area (Å²) in [7, 11) is -9.69. The molecule has 6 aromatic carbocycles. The molecule has 12 aliphatic rings. The Bertz CT molecular complexity index is 5990. The second-order valence-corrected chi connectivity index (χ2v) is 43.3. The molecule has 6 aromatic rings. The number of hydrogen-bond donors (Lipinski definition) is 0. The summed E-state index contributed by atoms with van der Waals surface area (Å²) in [6.45, 7) is 22.5. The Labute approximate surface area is 807 Å². The lowest BCUT2D eigenvalue weighted by atomic mass is 9.84. The molecule has 0 saturated carbocycles. The Morgan fingerprint density at radius 2 is 0.446 bits per heavy atom. The van der Waals surface area contributed by atoms with Crippen LogP contribution >= 0.6 is 15.6 Å². The summed E-state index contributed by atoms with van der Waals surface area (Å²) in [5.41, 5.74) is -1.25. The van der Waals surface area contributed by atoms with Crippen molar-refractivity contribution < 1.29 is 108 Å². The van der Waals surface area contributed by atoms with Crippen molar-refractivity contribution in [2.24, 2.45) is 0 Å². The van der Waals surface area contributed by atoms with Crippen molar-refractivity contribution in [3.63, 3.8) is 0 Å². The number of amides is 6. The average Bonchev–Trinajstić information content (AvgIpc) is 1.73. The molecule has 139 heavy (non-hydrogen) atoms. The fourth-order valence-corrected chi connectivity index (χ4v) is 24.9. The van der Waals surface area contributed by atoms with Crippen LogP contribution in [0, 0.1) is 68.0 Å². The van der Waals surface area contributed by atoms with E-state index >= 15 is 9.13 Å². The minimum atomic E-state index is -4.96.